The number of hydrogen-bond acceptors (Lipinski definition) is 4. The maximum atomic E-state index is 12.3. The highest BCUT2D eigenvalue weighted by molar-refractivity contribution is 5.98. The summed E-state index contributed by atoms with van der Waals surface area (Å²) >= 11 is 0. The molecule has 0 atom stereocenters. The number of ether oxygens (including phenoxy) is 1. The summed E-state index contributed by atoms with van der Waals surface area (Å²) in [5, 5.41) is 6.79. The molecule has 0 aliphatic heterocycles. The summed E-state index contributed by atoms with van der Waals surface area (Å²) in [6, 6.07) is 7.37. The Labute approximate surface area is 124 Å². The van der Waals surface area contributed by atoms with Gasteiger partial charge in [-0.05, 0) is 18.6 Å². The second-order valence-corrected chi connectivity index (χ2v) is 5.21. The van der Waals surface area contributed by atoms with Gasteiger partial charge in [0.1, 0.15) is 17.2 Å². The summed E-state index contributed by atoms with van der Waals surface area (Å²) < 4.78 is 10.4. The Morgan fingerprint density at radius 3 is 2.81 bits per heavy atom. The number of rotatable bonds is 5. The van der Waals surface area contributed by atoms with E-state index in [4.69, 9.17) is 9.26 Å². The lowest BCUT2D eigenvalue weighted by molar-refractivity contribution is 0.0946. The van der Waals surface area contributed by atoms with E-state index >= 15 is 0 Å². The van der Waals surface area contributed by atoms with Crippen molar-refractivity contribution in [3.8, 4) is 5.75 Å². The maximum absolute atomic E-state index is 12.3. The first-order valence-corrected chi connectivity index (χ1v) is 6.90. The van der Waals surface area contributed by atoms with Crippen molar-refractivity contribution in [2.45, 2.75) is 33.2 Å². The van der Waals surface area contributed by atoms with Crippen LogP contribution in [0, 0.1) is 6.92 Å². The molecule has 2 rings (SSSR count). The Balaban J connectivity index is 2.08. The number of benzene rings is 1. The van der Waals surface area contributed by atoms with Crippen molar-refractivity contribution in [2.24, 2.45) is 0 Å². The maximum Gasteiger partial charge on any atom is 0.255 e. The zero-order chi connectivity index (χ0) is 15.4. The van der Waals surface area contributed by atoms with Crippen LogP contribution in [0.2, 0.25) is 0 Å². The highest BCUT2D eigenvalue weighted by Crippen LogP contribution is 2.21. The molecule has 0 bridgehead atoms. The van der Waals surface area contributed by atoms with Crippen LogP contribution in [0.3, 0.4) is 0 Å². The molecule has 112 valence electrons. The van der Waals surface area contributed by atoms with Gasteiger partial charge in [0.15, 0.2) is 0 Å². The van der Waals surface area contributed by atoms with Gasteiger partial charge in [-0.1, -0.05) is 31.1 Å². The zero-order valence-corrected chi connectivity index (χ0v) is 12.8. The van der Waals surface area contributed by atoms with E-state index in [1.165, 1.54) is 0 Å². The molecule has 1 amide bonds. The van der Waals surface area contributed by atoms with Gasteiger partial charge in [-0.3, -0.25) is 4.79 Å². The summed E-state index contributed by atoms with van der Waals surface area (Å²) in [4.78, 5) is 12.3. The van der Waals surface area contributed by atoms with Gasteiger partial charge in [-0.15, -0.1) is 0 Å². The quantitative estimate of drug-likeness (QED) is 0.918. The molecule has 5 heteroatoms. The van der Waals surface area contributed by atoms with Crippen LogP contribution in [0.15, 0.2) is 28.8 Å². The lowest BCUT2D eigenvalue weighted by atomic mass is 10.1. The Bertz CT molecular complexity index is 632. The van der Waals surface area contributed by atoms with Crippen LogP contribution in [-0.4, -0.2) is 18.2 Å². The molecule has 0 fully saturated rings. The van der Waals surface area contributed by atoms with Crippen molar-refractivity contribution in [1.29, 1.82) is 0 Å². The van der Waals surface area contributed by atoms with Crippen LogP contribution in [0.4, 0.5) is 0 Å². The monoisotopic (exact) mass is 288 g/mol. The van der Waals surface area contributed by atoms with E-state index in [1.54, 1.807) is 13.2 Å². The molecule has 0 saturated carbocycles. The van der Waals surface area contributed by atoms with Crippen LogP contribution in [0.25, 0.3) is 0 Å². The smallest absolute Gasteiger partial charge is 0.255 e. The van der Waals surface area contributed by atoms with Crippen molar-refractivity contribution in [2.75, 3.05) is 7.11 Å². The Morgan fingerprint density at radius 1 is 1.43 bits per heavy atom. The molecule has 1 aromatic carbocycles. The minimum absolute atomic E-state index is 0.181. The van der Waals surface area contributed by atoms with Crippen molar-refractivity contribution < 1.29 is 14.1 Å². The molecule has 0 spiro atoms. The standard InChI is InChI=1S/C16H20N2O3/c1-10(2)14-8-12(18-21-14)9-17-16(19)15-11(3)6-5-7-13(15)20-4/h5-8,10H,9H2,1-4H3,(H,17,19). The zero-order valence-electron chi connectivity index (χ0n) is 12.8. The third-order valence-corrected chi connectivity index (χ3v) is 3.26. The van der Waals surface area contributed by atoms with E-state index in [1.807, 2.05) is 39.0 Å². The molecule has 0 aliphatic carbocycles. The van der Waals surface area contributed by atoms with E-state index in [9.17, 15) is 4.79 Å². The van der Waals surface area contributed by atoms with E-state index in [0.29, 0.717) is 23.6 Å². The summed E-state index contributed by atoms with van der Waals surface area (Å²) in [5.41, 5.74) is 2.13. The van der Waals surface area contributed by atoms with E-state index in [0.717, 1.165) is 11.3 Å². The third-order valence-electron chi connectivity index (χ3n) is 3.26. The summed E-state index contributed by atoms with van der Waals surface area (Å²) in [6.07, 6.45) is 0. The number of nitrogens with one attached hydrogen (secondary N) is 1. The fraction of sp³-hybridized carbons (Fsp3) is 0.375. The first-order valence-electron chi connectivity index (χ1n) is 6.90. The summed E-state index contributed by atoms with van der Waals surface area (Å²) in [7, 11) is 1.55. The highest BCUT2D eigenvalue weighted by Gasteiger charge is 2.15. The van der Waals surface area contributed by atoms with Crippen LogP contribution in [0.5, 0.6) is 5.75 Å². The highest BCUT2D eigenvalue weighted by atomic mass is 16.5. The molecule has 0 saturated heterocycles. The topological polar surface area (TPSA) is 64.4 Å². The number of amides is 1. The Hall–Kier alpha value is -2.30. The predicted molar refractivity (Wildman–Crippen MR) is 79.5 cm³/mol. The minimum atomic E-state index is -0.181. The van der Waals surface area contributed by atoms with E-state index < -0.39 is 0 Å². The van der Waals surface area contributed by atoms with Gasteiger partial charge in [0.05, 0.1) is 19.2 Å². The second-order valence-electron chi connectivity index (χ2n) is 5.21. The lowest BCUT2D eigenvalue weighted by Crippen LogP contribution is -2.24. The van der Waals surface area contributed by atoms with E-state index in [2.05, 4.69) is 10.5 Å². The van der Waals surface area contributed by atoms with Crippen molar-refractivity contribution in [1.82, 2.24) is 10.5 Å². The molecular formula is C16H20N2O3. The van der Waals surface area contributed by atoms with Gasteiger partial charge in [0.2, 0.25) is 0 Å². The van der Waals surface area contributed by atoms with Gasteiger partial charge in [0.25, 0.3) is 5.91 Å². The number of hydrogen-bond donors (Lipinski definition) is 1. The number of carbonyl (C=O) groups excluding carboxylic acids is 1. The second kappa shape index (κ2) is 6.43. The van der Waals surface area contributed by atoms with Gasteiger partial charge in [-0.25, -0.2) is 0 Å². The average molecular weight is 288 g/mol. The molecule has 2 aromatic rings. The molecule has 1 aromatic heterocycles. The van der Waals surface area contributed by atoms with Gasteiger partial charge in [-0.2, -0.15) is 0 Å². The molecule has 0 unspecified atom stereocenters. The lowest BCUT2D eigenvalue weighted by Gasteiger charge is -2.10. The number of aromatic nitrogens is 1. The largest absolute Gasteiger partial charge is 0.496 e. The fourth-order valence-electron chi connectivity index (χ4n) is 2.04. The Kier molecular flexibility index (Phi) is 4.62. The van der Waals surface area contributed by atoms with Gasteiger partial charge in [0, 0.05) is 12.0 Å². The van der Waals surface area contributed by atoms with Gasteiger partial charge >= 0.3 is 0 Å². The van der Waals surface area contributed by atoms with Crippen molar-refractivity contribution in [3.05, 3.63) is 46.8 Å². The number of carbonyl (C=O) groups is 1. The third kappa shape index (κ3) is 3.42. The fourth-order valence-corrected chi connectivity index (χ4v) is 2.04. The van der Waals surface area contributed by atoms with Crippen LogP contribution in [-0.2, 0) is 6.54 Å². The number of aryl methyl sites for hydroxylation is 1. The SMILES string of the molecule is COc1cccc(C)c1C(=O)NCc1cc(C(C)C)on1. The minimum Gasteiger partial charge on any atom is -0.496 e. The molecule has 5 nitrogen and oxygen atoms in total. The molecule has 1 heterocycles. The normalized spacial score (nSPS) is 10.7. The Morgan fingerprint density at radius 2 is 2.19 bits per heavy atom. The van der Waals surface area contributed by atoms with Crippen molar-refractivity contribution >= 4 is 5.91 Å². The molecular weight excluding hydrogens is 268 g/mol. The number of nitrogens with zero attached hydrogens (tertiary/aromatic N) is 1. The van der Waals surface area contributed by atoms with Crippen LogP contribution in [0.1, 0.15) is 47.1 Å². The van der Waals surface area contributed by atoms with Crippen molar-refractivity contribution in [3.63, 3.8) is 0 Å². The number of methoxy groups -OCH3 is 1. The van der Waals surface area contributed by atoms with Crippen LogP contribution >= 0.6 is 0 Å². The average Bonchev–Trinajstić information content (AvgIpc) is 2.93. The molecule has 1 N–H and O–H groups in total. The first kappa shape index (κ1) is 15.1. The summed E-state index contributed by atoms with van der Waals surface area (Å²) in [6.45, 7) is 6.26. The first-order chi connectivity index (χ1) is 10.0. The molecule has 0 radical (unpaired) electrons. The van der Waals surface area contributed by atoms with Gasteiger partial charge < -0.3 is 14.6 Å². The molecule has 0 aliphatic rings. The summed E-state index contributed by atoms with van der Waals surface area (Å²) in [5.74, 6) is 1.47. The molecule has 21 heavy (non-hydrogen) atoms. The van der Waals surface area contributed by atoms with Crippen LogP contribution < -0.4 is 10.1 Å². The predicted octanol–water partition coefficient (Wildman–Crippen LogP) is 3.05. The van der Waals surface area contributed by atoms with E-state index in [-0.39, 0.29) is 11.8 Å².